The molecule has 0 spiro atoms. The van der Waals surface area contributed by atoms with E-state index in [1.54, 1.807) is 12.1 Å². The first-order chi connectivity index (χ1) is 12.0. The second-order valence-electron chi connectivity index (χ2n) is 6.67. The minimum Gasteiger partial charge on any atom is -0.389 e. The fourth-order valence-electron chi connectivity index (χ4n) is 3.50. The van der Waals surface area contributed by atoms with Gasteiger partial charge in [-0.25, -0.2) is 9.97 Å². The molecular weight excluding hydrogens is 340 g/mol. The number of aliphatic hydroxyl groups excluding tert-OH is 1. The molecule has 4 rings (SSSR count). The van der Waals surface area contributed by atoms with Crippen LogP contribution in [0.25, 0.3) is 11.3 Å². The lowest BCUT2D eigenvalue weighted by Gasteiger charge is -2.43. The van der Waals surface area contributed by atoms with Crippen molar-refractivity contribution in [1.82, 2.24) is 9.97 Å². The summed E-state index contributed by atoms with van der Waals surface area (Å²) in [5, 5.41) is 10.1. The van der Waals surface area contributed by atoms with Crippen LogP contribution in [-0.4, -0.2) is 39.7 Å². The number of benzene rings is 1. The summed E-state index contributed by atoms with van der Waals surface area (Å²) in [6.45, 7) is 2.50. The Labute approximate surface area is 150 Å². The van der Waals surface area contributed by atoms with Gasteiger partial charge in [-0.15, -0.1) is 0 Å². The molecule has 2 aromatic rings. The van der Waals surface area contributed by atoms with Crippen LogP contribution >= 0.6 is 11.6 Å². The summed E-state index contributed by atoms with van der Waals surface area (Å²) in [6, 6.07) is 5.21. The van der Waals surface area contributed by atoms with Crippen LogP contribution in [-0.2, 0) is 12.8 Å². The molecule has 25 heavy (non-hydrogen) atoms. The molecule has 0 bridgehead atoms. The Hall–Kier alpha value is -2.18. The van der Waals surface area contributed by atoms with Crippen LogP contribution in [0.5, 0.6) is 0 Å². The lowest BCUT2D eigenvalue weighted by atomic mass is 10.0. The van der Waals surface area contributed by atoms with Crippen molar-refractivity contribution in [2.24, 2.45) is 5.73 Å². The molecule has 1 aliphatic carbocycles. The van der Waals surface area contributed by atoms with Crippen LogP contribution in [0.1, 0.15) is 35.0 Å². The van der Waals surface area contributed by atoms with Gasteiger partial charge in [0.1, 0.15) is 0 Å². The van der Waals surface area contributed by atoms with Crippen LogP contribution in [0.4, 0.5) is 5.95 Å². The number of halogens is 1. The molecule has 130 valence electrons. The smallest absolute Gasteiger partial charge is 0.250 e. The van der Waals surface area contributed by atoms with E-state index in [0.29, 0.717) is 23.1 Å². The van der Waals surface area contributed by atoms with Gasteiger partial charge in [-0.2, -0.15) is 0 Å². The highest BCUT2D eigenvalue weighted by Crippen LogP contribution is 2.35. The topological polar surface area (TPSA) is 92.3 Å². The SMILES string of the molecule is C[C@H]1[C@H](O)CN1c1nc2c(c(-c3ccc(C(N)=O)c(Cl)c3)n1)CCC2. The van der Waals surface area contributed by atoms with E-state index in [2.05, 4.69) is 0 Å². The molecule has 1 fully saturated rings. The third-order valence-electron chi connectivity index (χ3n) is 5.12. The summed E-state index contributed by atoms with van der Waals surface area (Å²) in [7, 11) is 0. The first-order valence-electron chi connectivity index (χ1n) is 8.40. The number of carbonyl (C=O) groups is 1. The van der Waals surface area contributed by atoms with Crippen molar-refractivity contribution < 1.29 is 9.90 Å². The molecule has 3 N–H and O–H groups in total. The summed E-state index contributed by atoms with van der Waals surface area (Å²) in [5.74, 6) is 0.0945. The second-order valence-corrected chi connectivity index (χ2v) is 7.08. The third-order valence-corrected chi connectivity index (χ3v) is 5.43. The maximum Gasteiger partial charge on any atom is 0.250 e. The number of amides is 1. The van der Waals surface area contributed by atoms with Gasteiger partial charge >= 0.3 is 0 Å². The minimum atomic E-state index is -0.548. The highest BCUT2D eigenvalue weighted by atomic mass is 35.5. The van der Waals surface area contributed by atoms with E-state index in [0.717, 1.165) is 41.8 Å². The van der Waals surface area contributed by atoms with Gasteiger partial charge in [-0.05, 0) is 38.3 Å². The number of primary amides is 1. The molecule has 1 aromatic carbocycles. The van der Waals surface area contributed by atoms with Crippen molar-refractivity contribution in [1.29, 1.82) is 0 Å². The van der Waals surface area contributed by atoms with Crippen molar-refractivity contribution in [2.75, 3.05) is 11.4 Å². The Balaban J connectivity index is 1.80. The number of carbonyl (C=O) groups excluding carboxylic acids is 1. The van der Waals surface area contributed by atoms with Crippen LogP contribution in [0.2, 0.25) is 5.02 Å². The largest absolute Gasteiger partial charge is 0.389 e. The maximum atomic E-state index is 11.4. The monoisotopic (exact) mass is 358 g/mol. The lowest BCUT2D eigenvalue weighted by Crippen LogP contribution is -2.59. The fourth-order valence-corrected chi connectivity index (χ4v) is 3.78. The van der Waals surface area contributed by atoms with Crippen molar-refractivity contribution in [2.45, 2.75) is 38.3 Å². The van der Waals surface area contributed by atoms with Crippen LogP contribution in [0.3, 0.4) is 0 Å². The number of hydrogen-bond acceptors (Lipinski definition) is 5. The number of β-amino-alcohol motifs (C(OH)–C–C–N with tert-alkyl or cyclic N) is 1. The highest BCUT2D eigenvalue weighted by Gasteiger charge is 2.36. The van der Waals surface area contributed by atoms with Crippen LogP contribution in [0, 0.1) is 0 Å². The summed E-state index contributed by atoms with van der Waals surface area (Å²) < 4.78 is 0. The molecule has 1 amide bonds. The van der Waals surface area contributed by atoms with Gasteiger partial charge in [0, 0.05) is 23.4 Å². The standard InChI is InChI=1S/C18H19ClN4O2/c1-9-15(24)8-23(9)18-21-14-4-2-3-12(14)16(22-18)10-5-6-11(17(20)25)13(19)7-10/h5-7,9,15,24H,2-4,8H2,1H3,(H2,20,25)/t9-,15+/m0/s1. The molecule has 0 radical (unpaired) electrons. The molecule has 1 aliphatic heterocycles. The van der Waals surface area contributed by atoms with Gasteiger partial charge in [-0.1, -0.05) is 17.7 Å². The Morgan fingerprint density at radius 2 is 2.16 bits per heavy atom. The fraction of sp³-hybridized carbons (Fsp3) is 0.389. The number of aliphatic hydroxyl groups is 1. The van der Waals surface area contributed by atoms with Gasteiger partial charge in [0.05, 0.1) is 28.4 Å². The molecule has 2 aliphatic rings. The first-order valence-corrected chi connectivity index (χ1v) is 8.77. The quantitative estimate of drug-likeness (QED) is 0.874. The van der Waals surface area contributed by atoms with E-state index in [9.17, 15) is 9.90 Å². The zero-order chi connectivity index (χ0) is 17.7. The average molecular weight is 359 g/mol. The Kier molecular flexibility index (Phi) is 3.89. The first kappa shape index (κ1) is 16.3. The van der Waals surface area contributed by atoms with E-state index in [4.69, 9.17) is 27.3 Å². The molecule has 1 aromatic heterocycles. The number of rotatable bonds is 3. The number of anilines is 1. The van der Waals surface area contributed by atoms with E-state index in [-0.39, 0.29) is 12.1 Å². The number of fused-ring (bicyclic) bond motifs is 1. The second kappa shape index (κ2) is 5.97. The molecule has 6 nitrogen and oxygen atoms in total. The number of aryl methyl sites for hydroxylation is 1. The number of aromatic nitrogens is 2. The van der Waals surface area contributed by atoms with E-state index >= 15 is 0 Å². The average Bonchev–Trinajstić information content (AvgIpc) is 3.06. The third kappa shape index (κ3) is 2.65. The zero-order valence-corrected chi connectivity index (χ0v) is 14.6. The molecule has 0 saturated carbocycles. The van der Waals surface area contributed by atoms with Gasteiger partial charge in [-0.3, -0.25) is 4.79 Å². The summed E-state index contributed by atoms with van der Waals surface area (Å²) in [5.41, 5.74) is 9.54. The Morgan fingerprint density at radius 1 is 1.36 bits per heavy atom. The lowest BCUT2D eigenvalue weighted by molar-refractivity contribution is 0.0978. The van der Waals surface area contributed by atoms with E-state index < -0.39 is 5.91 Å². The Morgan fingerprint density at radius 3 is 2.80 bits per heavy atom. The molecule has 2 heterocycles. The zero-order valence-electron chi connectivity index (χ0n) is 13.9. The predicted molar refractivity (Wildman–Crippen MR) is 95.8 cm³/mol. The van der Waals surface area contributed by atoms with Gasteiger partial charge < -0.3 is 15.7 Å². The van der Waals surface area contributed by atoms with Crippen molar-refractivity contribution in [3.05, 3.63) is 40.0 Å². The minimum absolute atomic E-state index is 0.00753. The van der Waals surface area contributed by atoms with Crippen molar-refractivity contribution >= 4 is 23.5 Å². The van der Waals surface area contributed by atoms with Gasteiger partial charge in [0.15, 0.2) is 0 Å². The Bertz CT molecular complexity index is 870. The van der Waals surface area contributed by atoms with Crippen LogP contribution < -0.4 is 10.6 Å². The summed E-state index contributed by atoms with van der Waals surface area (Å²) in [4.78, 5) is 22.9. The number of nitrogens with zero attached hydrogens (tertiary/aromatic N) is 3. The summed E-state index contributed by atoms with van der Waals surface area (Å²) in [6.07, 6.45) is 2.56. The van der Waals surface area contributed by atoms with Crippen molar-refractivity contribution in [3.8, 4) is 11.3 Å². The molecule has 2 atom stereocenters. The number of hydrogen-bond donors (Lipinski definition) is 2. The van der Waals surface area contributed by atoms with E-state index in [1.165, 1.54) is 0 Å². The van der Waals surface area contributed by atoms with Gasteiger partial charge in [0.2, 0.25) is 11.9 Å². The molecule has 0 unspecified atom stereocenters. The molecular formula is C18H19ClN4O2. The van der Waals surface area contributed by atoms with E-state index in [1.807, 2.05) is 17.9 Å². The van der Waals surface area contributed by atoms with Crippen molar-refractivity contribution in [3.63, 3.8) is 0 Å². The molecule has 7 heteroatoms. The maximum absolute atomic E-state index is 11.4. The van der Waals surface area contributed by atoms with Crippen LogP contribution in [0.15, 0.2) is 18.2 Å². The number of nitrogens with two attached hydrogens (primary N) is 1. The molecule has 1 saturated heterocycles. The predicted octanol–water partition coefficient (Wildman–Crippen LogP) is 1.95. The summed E-state index contributed by atoms with van der Waals surface area (Å²) >= 11 is 6.22. The van der Waals surface area contributed by atoms with Gasteiger partial charge in [0.25, 0.3) is 0 Å². The normalized spacial score (nSPS) is 21.8. The highest BCUT2D eigenvalue weighted by molar-refractivity contribution is 6.34.